The van der Waals surface area contributed by atoms with Crippen LogP contribution >= 0.6 is 11.6 Å². The van der Waals surface area contributed by atoms with Gasteiger partial charge in [0.1, 0.15) is 0 Å². The number of halogens is 1. The zero-order chi connectivity index (χ0) is 12.1. The Bertz CT molecular complexity index is 342. The summed E-state index contributed by atoms with van der Waals surface area (Å²) in [4.78, 5) is 0. The second-order valence-corrected chi connectivity index (χ2v) is 4.67. The molecule has 1 heterocycles. The van der Waals surface area contributed by atoms with E-state index in [1.807, 2.05) is 0 Å². The van der Waals surface area contributed by atoms with Crippen LogP contribution in [0, 0.1) is 0 Å². The van der Waals surface area contributed by atoms with Crippen molar-refractivity contribution in [3.8, 4) is 0 Å². The van der Waals surface area contributed by atoms with E-state index in [2.05, 4.69) is 31.2 Å². The quantitative estimate of drug-likeness (QED) is 0.749. The molecule has 0 aromatic heterocycles. The Morgan fingerprint density at radius 1 is 1.18 bits per heavy atom. The van der Waals surface area contributed by atoms with Crippen LogP contribution in [0.2, 0.25) is 0 Å². The lowest BCUT2D eigenvalue weighted by molar-refractivity contribution is -0.170. The number of hydrogen-bond donors (Lipinski definition) is 0. The maximum atomic E-state index is 5.82. The Balaban J connectivity index is 2.19. The van der Waals surface area contributed by atoms with Crippen molar-refractivity contribution in [2.24, 2.45) is 0 Å². The van der Waals surface area contributed by atoms with Crippen molar-refractivity contribution in [2.45, 2.75) is 32.0 Å². The summed E-state index contributed by atoms with van der Waals surface area (Å²) in [5.74, 6) is 0.0860. The molecule has 0 N–H and O–H groups in total. The van der Waals surface area contributed by atoms with Gasteiger partial charge in [0.2, 0.25) is 0 Å². The lowest BCUT2D eigenvalue weighted by Gasteiger charge is -2.27. The van der Waals surface area contributed by atoms with Crippen LogP contribution in [0.5, 0.6) is 0 Å². The maximum Gasteiger partial charge on any atom is 0.195 e. The first-order valence-corrected chi connectivity index (χ1v) is 6.77. The van der Waals surface area contributed by atoms with Gasteiger partial charge in [0.15, 0.2) is 5.79 Å². The predicted octanol–water partition coefficient (Wildman–Crippen LogP) is 3.47. The fourth-order valence-corrected chi connectivity index (χ4v) is 2.34. The molecule has 1 saturated heterocycles. The molecule has 0 amide bonds. The highest BCUT2D eigenvalue weighted by Crippen LogP contribution is 2.36. The van der Waals surface area contributed by atoms with E-state index in [0.717, 1.165) is 24.8 Å². The Labute approximate surface area is 108 Å². The van der Waals surface area contributed by atoms with Crippen molar-refractivity contribution in [3.05, 3.63) is 35.4 Å². The van der Waals surface area contributed by atoms with Gasteiger partial charge in [0, 0.05) is 17.9 Å². The number of ether oxygens (including phenoxy) is 2. The van der Waals surface area contributed by atoms with E-state index < -0.39 is 5.79 Å². The first-order chi connectivity index (χ1) is 8.30. The van der Waals surface area contributed by atoms with Gasteiger partial charge < -0.3 is 9.47 Å². The van der Waals surface area contributed by atoms with Crippen molar-refractivity contribution in [1.29, 1.82) is 0 Å². The van der Waals surface area contributed by atoms with Gasteiger partial charge in [0.05, 0.1) is 13.2 Å². The van der Waals surface area contributed by atoms with Crippen molar-refractivity contribution < 1.29 is 9.47 Å². The lowest BCUT2D eigenvalue weighted by atomic mass is 9.99. The topological polar surface area (TPSA) is 18.5 Å². The first-order valence-electron chi connectivity index (χ1n) is 6.24. The van der Waals surface area contributed by atoms with Crippen LogP contribution in [-0.2, 0) is 21.7 Å². The van der Waals surface area contributed by atoms with E-state index in [4.69, 9.17) is 21.1 Å². The average molecular weight is 255 g/mol. The molecule has 1 fully saturated rings. The summed E-state index contributed by atoms with van der Waals surface area (Å²) in [5.41, 5.74) is 2.44. The zero-order valence-electron chi connectivity index (χ0n) is 10.2. The van der Waals surface area contributed by atoms with Crippen molar-refractivity contribution in [2.75, 3.05) is 19.1 Å². The van der Waals surface area contributed by atoms with Gasteiger partial charge in [-0.05, 0) is 18.4 Å². The van der Waals surface area contributed by atoms with E-state index >= 15 is 0 Å². The molecule has 94 valence electrons. The molecule has 2 nitrogen and oxygen atoms in total. The molecule has 0 saturated carbocycles. The van der Waals surface area contributed by atoms with Crippen LogP contribution in [0.25, 0.3) is 0 Å². The van der Waals surface area contributed by atoms with Crippen molar-refractivity contribution in [1.82, 2.24) is 0 Å². The normalized spacial score (nSPS) is 18.5. The van der Waals surface area contributed by atoms with Crippen LogP contribution in [0.1, 0.15) is 30.9 Å². The van der Waals surface area contributed by atoms with Crippen molar-refractivity contribution in [3.63, 3.8) is 0 Å². The van der Waals surface area contributed by atoms with Gasteiger partial charge in [-0.15, -0.1) is 11.6 Å². The number of rotatable bonds is 5. The minimum Gasteiger partial charge on any atom is -0.343 e. The Kier molecular flexibility index (Phi) is 4.43. The van der Waals surface area contributed by atoms with Crippen LogP contribution in [0.3, 0.4) is 0 Å². The van der Waals surface area contributed by atoms with E-state index in [1.165, 1.54) is 5.56 Å². The maximum absolute atomic E-state index is 5.82. The lowest BCUT2D eigenvalue weighted by Crippen LogP contribution is -2.27. The van der Waals surface area contributed by atoms with Crippen LogP contribution in [0.15, 0.2) is 24.3 Å². The fraction of sp³-hybridized carbons (Fsp3) is 0.571. The number of alkyl halides is 1. The second-order valence-electron chi connectivity index (χ2n) is 4.29. The third kappa shape index (κ3) is 2.82. The summed E-state index contributed by atoms with van der Waals surface area (Å²) in [6, 6.07) is 8.50. The zero-order valence-corrected chi connectivity index (χ0v) is 11.0. The largest absolute Gasteiger partial charge is 0.343 e. The average Bonchev–Trinajstić information content (AvgIpc) is 2.86. The molecule has 0 aliphatic carbocycles. The molecule has 0 unspecified atom stereocenters. The van der Waals surface area contributed by atoms with Gasteiger partial charge in [-0.2, -0.15) is 0 Å². The fourth-order valence-electron chi connectivity index (χ4n) is 2.20. The number of aryl methyl sites for hydroxylation is 1. The third-order valence-electron chi connectivity index (χ3n) is 3.20. The van der Waals surface area contributed by atoms with Crippen LogP contribution in [0.4, 0.5) is 0 Å². The first kappa shape index (κ1) is 12.9. The standard InChI is InChI=1S/C14H19ClO2/c1-2-12-4-6-13(7-5-12)14(8-3-9-15)16-10-11-17-14/h4-7H,2-3,8-11H2,1H3. The summed E-state index contributed by atoms with van der Waals surface area (Å²) in [7, 11) is 0. The molecule has 1 aromatic rings. The van der Waals surface area contributed by atoms with Crippen LogP contribution in [-0.4, -0.2) is 19.1 Å². The van der Waals surface area contributed by atoms with E-state index in [1.54, 1.807) is 0 Å². The third-order valence-corrected chi connectivity index (χ3v) is 3.46. The molecular weight excluding hydrogens is 236 g/mol. The summed E-state index contributed by atoms with van der Waals surface area (Å²) in [6.07, 6.45) is 2.77. The minimum atomic E-state index is -0.554. The summed E-state index contributed by atoms with van der Waals surface area (Å²) in [5, 5.41) is 0. The highest BCUT2D eigenvalue weighted by Gasteiger charge is 2.37. The summed E-state index contributed by atoms with van der Waals surface area (Å²) in [6.45, 7) is 3.48. The van der Waals surface area contributed by atoms with Crippen molar-refractivity contribution >= 4 is 11.6 Å². The van der Waals surface area contributed by atoms with Gasteiger partial charge in [0.25, 0.3) is 0 Å². The van der Waals surface area contributed by atoms with Gasteiger partial charge >= 0.3 is 0 Å². The molecule has 0 atom stereocenters. The Hall–Kier alpha value is -0.570. The monoisotopic (exact) mass is 254 g/mol. The smallest absolute Gasteiger partial charge is 0.195 e. The summed E-state index contributed by atoms with van der Waals surface area (Å²) >= 11 is 5.77. The molecule has 2 rings (SSSR count). The number of benzene rings is 1. The number of hydrogen-bond acceptors (Lipinski definition) is 2. The predicted molar refractivity (Wildman–Crippen MR) is 69.4 cm³/mol. The molecular formula is C14H19ClO2. The molecule has 17 heavy (non-hydrogen) atoms. The second kappa shape index (κ2) is 5.85. The molecule has 1 aromatic carbocycles. The van der Waals surface area contributed by atoms with Gasteiger partial charge in [-0.3, -0.25) is 0 Å². The van der Waals surface area contributed by atoms with E-state index in [9.17, 15) is 0 Å². The summed E-state index contributed by atoms with van der Waals surface area (Å²) < 4.78 is 11.6. The Morgan fingerprint density at radius 3 is 2.35 bits per heavy atom. The molecule has 1 aliphatic rings. The minimum absolute atomic E-state index is 0.554. The molecule has 0 spiro atoms. The van der Waals surface area contributed by atoms with Gasteiger partial charge in [-0.25, -0.2) is 0 Å². The highest BCUT2D eigenvalue weighted by molar-refractivity contribution is 6.17. The van der Waals surface area contributed by atoms with E-state index in [0.29, 0.717) is 19.1 Å². The Morgan fingerprint density at radius 2 is 1.82 bits per heavy atom. The molecule has 1 aliphatic heterocycles. The van der Waals surface area contributed by atoms with Gasteiger partial charge in [-0.1, -0.05) is 31.2 Å². The van der Waals surface area contributed by atoms with Crippen LogP contribution < -0.4 is 0 Å². The van der Waals surface area contributed by atoms with E-state index in [-0.39, 0.29) is 0 Å². The highest BCUT2D eigenvalue weighted by atomic mass is 35.5. The molecule has 0 bridgehead atoms. The SMILES string of the molecule is CCc1ccc(C2(CCCCl)OCCO2)cc1. The molecule has 0 radical (unpaired) electrons. The molecule has 3 heteroatoms.